The van der Waals surface area contributed by atoms with Gasteiger partial charge in [-0.3, -0.25) is 4.79 Å². The Kier molecular flexibility index (Phi) is 4.94. The molecule has 1 aliphatic rings. The lowest BCUT2D eigenvalue weighted by molar-refractivity contribution is -0.144. The summed E-state index contributed by atoms with van der Waals surface area (Å²) in [6, 6.07) is 0. The molecule has 2 atom stereocenters. The molecule has 0 aromatic heterocycles. The van der Waals surface area contributed by atoms with E-state index in [-0.39, 0.29) is 18.2 Å². The van der Waals surface area contributed by atoms with E-state index < -0.39 is 0 Å². The van der Waals surface area contributed by atoms with Crippen LogP contribution in [0.1, 0.15) is 46.0 Å². The van der Waals surface area contributed by atoms with Crippen molar-refractivity contribution in [1.82, 2.24) is 0 Å². The second-order valence-electron chi connectivity index (χ2n) is 3.87. The van der Waals surface area contributed by atoms with E-state index in [1.165, 1.54) is 12.8 Å². The van der Waals surface area contributed by atoms with E-state index in [1.54, 1.807) is 0 Å². The molecular formula is C11H20O3. The highest BCUT2D eigenvalue weighted by Crippen LogP contribution is 2.21. The minimum absolute atomic E-state index is 0.0798. The highest BCUT2D eigenvalue weighted by Gasteiger charge is 2.35. The molecule has 3 heteroatoms. The molecule has 0 radical (unpaired) electrons. The third-order valence-electron chi connectivity index (χ3n) is 2.48. The van der Waals surface area contributed by atoms with Crippen LogP contribution in [-0.2, 0) is 14.3 Å². The fourth-order valence-corrected chi connectivity index (χ4v) is 1.35. The number of hydrogen-bond acceptors (Lipinski definition) is 3. The Morgan fingerprint density at radius 1 is 1.36 bits per heavy atom. The van der Waals surface area contributed by atoms with E-state index in [0.717, 1.165) is 12.8 Å². The summed E-state index contributed by atoms with van der Waals surface area (Å²) in [4.78, 5) is 11.2. The molecule has 1 aliphatic heterocycles. The third kappa shape index (κ3) is 4.61. The summed E-state index contributed by atoms with van der Waals surface area (Å²) in [7, 11) is 0. The number of esters is 1. The van der Waals surface area contributed by atoms with Crippen LogP contribution in [0, 0.1) is 0 Å². The molecule has 0 aromatic carbocycles. The van der Waals surface area contributed by atoms with Gasteiger partial charge in [0.2, 0.25) is 0 Å². The molecule has 1 saturated heterocycles. The van der Waals surface area contributed by atoms with Gasteiger partial charge in [-0.15, -0.1) is 0 Å². The van der Waals surface area contributed by atoms with Crippen LogP contribution >= 0.6 is 0 Å². The van der Waals surface area contributed by atoms with E-state index in [2.05, 4.69) is 6.92 Å². The Balaban J connectivity index is 1.88. The lowest BCUT2D eigenvalue weighted by Crippen LogP contribution is -2.10. The highest BCUT2D eigenvalue weighted by atomic mass is 16.6. The van der Waals surface area contributed by atoms with Crippen molar-refractivity contribution in [3.63, 3.8) is 0 Å². The van der Waals surface area contributed by atoms with Crippen molar-refractivity contribution < 1.29 is 14.3 Å². The van der Waals surface area contributed by atoms with Crippen molar-refractivity contribution >= 4 is 5.97 Å². The van der Waals surface area contributed by atoms with Gasteiger partial charge in [0.05, 0.1) is 6.10 Å². The monoisotopic (exact) mass is 200 g/mol. The van der Waals surface area contributed by atoms with Gasteiger partial charge < -0.3 is 9.47 Å². The molecule has 0 aliphatic carbocycles. The largest absolute Gasteiger partial charge is 0.463 e. The van der Waals surface area contributed by atoms with Crippen molar-refractivity contribution in [2.24, 2.45) is 0 Å². The van der Waals surface area contributed by atoms with Gasteiger partial charge in [0.1, 0.15) is 12.7 Å². The standard InChI is InChI=1S/C11H20O3/c1-3-4-5-6-7-11(12)13-8-10-9(2)14-10/h9-10H,3-8H2,1-2H3. The van der Waals surface area contributed by atoms with Crippen molar-refractivity contribution in [1.29, 1.82) is 0 Å². The third-order valence-corrected chi connectivity index (χ3v) is 2.48. The smallest absolute Gasteiger partial charge is 0.305 e. The quantitative estimate of drug-likeness (QED) is 0.359. The van der Waals surface area contributed by atoms with E-state index in [4.69, 9.17) is 9.47 Å². The van der Waals surface area contributed by atoms with Crippen molar-refractivity contribution in [3.8, 4) is 0 Å². The van der Waals surface area contributed by atoms with Gasteiger partial charge in [-0.2, -0.15) is 0 Å². The van der Waals surface area contributed by atoms with Crippen LogP contribution in [0.3, 0.4) is 0 Å². The van der Waals surface area contributed by atoms with Gasteiger partial charge in [-0.25, -0.2) is 0 Å². The molecule has 1 rings (SSSR count). The van der Waals surface area contributed by atoms with Crippen LogP contribution in [-0.4, -0.2) is 24.8 Å². The number of epoxide rings is 1. The number of carbonyl (C=O) groups is 1. The van der Waals surface area contributed by atoms with E-state index >= 15 is 0 Å². The molecule has 3 nitrogen and oxygen atoms in total. The number of ether oxygens (including phenoxy) is 2. The van der Waals surface area contributed by atoms with Crippen molar-refractivity contribution in [2.75, 3.05) is 6.61 Å². The minimum atomic E-state index is -0.0798. The van der Waals surface area contributed by atoms with Crippen molar-refractivity contribution in [2.45, 2.75) is 58.2 Å². The molecule has 1 heterocycles. The Morgan fingerprint density at radius 2 is 2.07 bits per heavy atom. The molecule has 14 heavy (non-hydrogen) atoms. The lowest BCUT2D eigenvalue weighted by atomic mass is 10.2. The van der Waals surface area contributed by atoms with Crippen LogP contribution in [0.2, 0.25) is 0 Å². The molecule has 0 aromatic rings. The van der Waals surface area contributed by atoms with Gasteiger partial charge in [-0.1, -0.05) is 26.2 Å². The summed E-state index contributed by atoms with van der Waals surface area (Å²) in [5, 5.41) is 0. The molecule has 0 bridgehead atoms. The summed E-state index contributed by atoms with van der Waals surface area (Å²) < 4.78 is 10.2. The van der Waals surface area contributed by atoms with Crippen LogP contribution in [0.25, 0.3) is 0 Å². The number of carbonyl (C=O) groups excluding carboxylic acids is 1. The van der Waals surface area contributed by atoms with E-state index in [0.29, 0.717) is 13.0 Å². The van der Waals surface area contributed by atoms with Gasteiger partial charge in [-0.05, 0) is 13.3 Å². The number of rotatable bonds is 7. The predicted octanol–water partition coefficient (Wildman–Crippen LogP) is 2.29. The average Bonchev–Trinajstić information content (AvgIpc) is 2.86. The summed E-state index contributed by atoms with van der Waals surface area (Å²) in [6.07, 6.45) is 5.48. The van der Waals surface area contributed by atoms with E-state index in [1.807, 2.05) is 6.92 Å². The summed E-state index contributed by atoms with van der Waals surface area (Å²) in [6.45, 7) is 4.58. The van der Waals surface area contributed by atoms with Crippen molar-refractivity contribution in [3.05, 3.63) is 0 Å². The molecule has 82 valence electrons. The van der Waals surface area contributed by atoms with Gasteiger partial charge >= 0.3 is 5.97 Å². The van der Waals surface area contributed by atoms with Crippen LogP contribution in [0.5, 0.6) is 0 Å². The maximum absolute atomic E-state index is 11.2. The topological polar surface area (TPSA) is 38.8 Å². The summed E-state index contributed by atoms with van der Waals surface area (Å²) in [5.41, 5.74) is 0. The SMILES string of the molecule is CCCCCCC(=O)OCC1OC1C. The van der Waals surface area contributed by atoms with Crippen LogP contribution in [0.15, 0.2) is 0 Å². The Bertz CT molecular complexity index is 179. The first-order chi connectivity index (χ1) is 6.74. The second kappa shape index (κ2) is 6.02. The zero-order valence-electron chi connectivity index (χ0n) is 9.12. The molecule has 2 unspecified atom stereocenters. The zero-order chi connectivity index (χ0) is 10.4. The van der Waals surface area contributed by atoms with Gasteiger partial charge in [0, 0.05) is 6.42 Å². The zero-order valence-corrected chi connectivity index (χ0v) is 9.12. The first kappa shape index (κ1) is 11.5. The van der Waals surface area contributed by atoms with Crippen LogP contribution < -0.4 is 0 Å². The number of hydrogen-bond donors (Lipinski definition) is 0. The predicted molar refractivity (Wildman–Crippen MR) is 54.1 cm³/mol. The Labute approximate surface area is 85.8 Å². The Hall–Kier alpha value is -0.570. The maximum Gasteiger partial charge on any atom is 0.305 e. The van der Waals surface area contributed by atoms with Gasteiger partial charge in [0.15, 0.2) is 0 Å². The maximum atomic E-state index is 11.2. The molecular weight excluding hydrogens is 180 g/mol. The summed E-state index contributed by atoms with van der Waals surface area (Å²) >= 11 is 0. The van der Waals surface area contributed by atoms with Gasteiger partial charge in [0.25, 0.3) is 0 Å². The lowest BCUT2D eigenvalue weighted by Gasteiger charge is -2.02. The average molecular weight is 200 g/mol. The fourth-order valence-electron chi connectivity index (χ4n) is 1.35. The fraction of sp³-hybridized carbons (Fsp3) is 0.909. The van der Waals surface area contributed by atoms with Crippen LogP contribution in [0.4, 0.5) is 0 Å². The summed E-state index contributed by atoms with van der Waals surface area (Å²) in [5.74, 6) is -0.0798. The molecule has 0 saturated carbocycles. The van der Waals surface area contributed by atoms with E-state index in [9.17, 15) is 4.79 Å². The Morgan fingerprint density at radius 3 is 2.64 bits per heavy atom. The molecule has 1 fully saturated rings. The minimum Gasteiger partial charge on any atom is -0.463 e. The molecule has 0 amide bonds. The highest BCUT2D eigenvalue weighted by molar-refractivity contribution is 5.69. The molecule has 0 N–H and O–H groups in total. The first-order valence-electron chi connectivity index (χ1n) is 5.55. The second-order valence-corrected chi connectivity index (χ2v) is 3.87. The first-order valence-corrected chi connectivity index (χ1v) is 5.55. The normalized spacial score (nSPS) is 24.7. The number of unbranched alkanes of at least 4 members (excludes halogenated alkanes) is 3. The molecule has 0 spiro atoms.